The van der Waals surface area contributed by atoms with Crippen LogP contribution in [0.1, 0.15) is 11.1 Å². The maximum Gasteiger partial charge on any atom is 0.0261 e. The van der Waals surface area contributed by atoms with Crippen LogP contribution in [0.15, 0.2) is 60.7 Å². The Bertz CT molecular complexity index is 513. The summed E-state index contributed by atoms with van der Waals surface area (Å²) < 4.78 is 0. The smallest absolute Gasteiger partial charge is 0.0261 e. The monoisotopic (exact) mass is 294 g/mol. The van der Waals surface area contributed by atoms with Crippen molar-refractivity contribution in [3.05, 3.63) is 71.8 Å². The van der Waals surface area contributed by atoms with Crippen LogP contribution in [0.5, 0.6) is 0 Å². The van der Waals surface area contributed by atoms with E-state index in [1.165, 1.54) is 11.1 Å². The van der Waals surface area contributed by atoms with E-state index >= 15 is 0 Å². The van der Waals surface area contributed by atoms with Crippen LogP contribution in [0, 0.1) is 0 Å². The molecule has 0 amide bonds. The van der Waals surface area contributed by atoms with Crippen molar-refractivity contribution >= 4 is 0 Å². The van der Waals surface area contributed by atoms with Gasteiger partial charge in [-0.1, -0.05) is 60.7 Å². The van der Waals surface area contributed by atoms with Crippen molar-refractivity contribution in [1.82, 2.24) is 9.80 Å². The molecule has 22 heavy (non-hydrogen) atoms. The van der Waals surface area contributed by atoms with Crippen LogP contribution >= 0.6 is 0 Å². The van der Waals surface area contributed by atoms with Crippen LogP contribution in [0.3, 0.4) is 0 Å². The highest BCUT2D eigenvalue weighted by atomic mass is 15.3. The van der Waals surface area contributed by atoms with Gasteiger partial charge in [0.05, 0.1) is 0 Å². The van der Waals surface area contributed by atoms with E-state index in [1.54, 1.807) is 0 Å². The predicted octanol–water partition coefficient (Wildman–Crippen LogP) is 3.09. The Morgan fingerprint density at radius 1 is 0.682 bits per heavy atom. The lowest BCUT2D eigenvalue weighted by Gasteiger charge is -2.43. The van der Waals surface area contributed by atoms with Crippen LogP contribution < -0.4 is 0 Å². The minimum Gasteiger partial charge on any atom is -0.300 e. The van der Waals surface area contributed by atoms with Crippen molar-refractivity contribution in [1.29, 1.82) is 0 Å². The van der Waals surface area contributed by atoms with Gasteiger partial charge in [0.1, 0.15) is 0 Å². The van der Waals surface area contributed by atoms with Gasteiger partial charge < -0.3 is 9.80 Å². The second kappa shape index (κ2) is 7.08. The highest BCUT2D eigenvalue weighted by molar-refractivity contribution is 5.18. The Labute approximate surface area is 134 Å². The molecule has 116 valence electrons. The fourth-order valence-electron chi connectivity index (χ4n) is 3.45. The largest absolute Gasteiger partial charge is 0.300 e. The van der Waals surface area contributed by atoms with E-state index in [4.69, 9.17) is 0 Å². The Kier molecular flexibility index (Phi) is 4.91. The van der Waals surface area contributed by atoms with Crippen molar-refractivity contribution in [2.45, 2.75) is 24.9 Å². The molecule has 0 unspecified atom stereocenters. The molecule has 0 radical (unpaired) electrons. The van der Waals surface area contributed by atoms with Gasteiger partial charge in [-0.25, -0.2) is 0 Å². The minimum atomic E-state index is 0.611. The molecule has 2 aromatic carbocycles. The van der Waals surface area contributed by atoms with Crippen molar-refractivity contribution in [3.8, 4) is 0 Å². The molecule has 2 heteroatoms. The van der Waals surface area contributed by atoms with E-state index in [0.29, 0.717) is 12.1 Å². The number of nitrogens with zero attached hydrogens (tertiary/aromatic N) is 2. The molecular weight excluding hydrogens is 268 g/mol. The summed E-state index contributed by atoms with van der Waals surface area (Å²) >= 11 is 0. The molecule has 1 aliphatic rings. The number of hydrogen-bond acceptors (Lipinski definition) is 2. The maximum atomic E-state index is 2.54. The lowest BCUT2D eigenvalue weighted by Crippen LogP contribution is -2.56. The van der Waals surface area contributed by atoms with Gasteiger partial charge in [0.2, 0.25) is 0 Å². The van der Waals surface area contributed by atoms with Crippen LogP contribution in [0.25, 0.3) is 0 Å². The number of hydrogen-bond donors (Lipinski definition) is 0. The summed E-state index contributed by atoms with van der Waals surface area (Å²) in [5.74, 6) is 0. The van der Waals surface area contributed by atoms with E-state index in [-0.39, 0.29) is 0 Å². The topological polar surface area (TPSA) is 6.48 Å². The summed E-state index contributed by atoms with van der Waals surface area (Å²) in [6.07, 6.45) is 2.28. The van der Waals surface area contributed by atoms with Gasteiger partial charge in [0.15, 0.2) is 0 Å². The molecule has 0 bridgehead atoms. The fraction of sp³-hybridized carbons (Fsp3) is 0.400. The predicted molar refractivity (Wildman–Crippen MR) is 93.1 cm³/mol. The first-order chi connectivity index (χ1) is 10.7. The molecule has 0 saturated carbocycles. The zero-order valence-electron chi connectivity index (χ0n) is 13.7. The summed E-state index contributed by atoms with van der Waals surface area (Å²) in [4.78, 5) is 5.08. The summed E-state index contributed by atoms with van der Waals surface area (Å²) in [5.41, 5.74) is 2.88. The first kappa shape index (κ1) is 15.3. The lowest BCUT2D eigenvalue weighted by atomic mass is 9.97. The van der Waals surface area contributed by atoms with E-state index in [9.17, 15) is 0 Å². The molecule has 2 atom stereocenters. The van der Waals surface area contributed by atoms with Gasteiger partial charge in [-0.2, -0.15) is 0 Å². The van der Waals surface area contributed by atoms with Crippen molar-refractivity contribution < 1.29 is 0 Å². The highest BCUT2D eigenvalue weighted by Crippen LogP contribution is 2.19. The zero-order chi connectivity index (χ0) is 15.4. The van der Waals surface area contributed by atoms with Gasteiger partial charge in [0, 0.05) is 25.2 Å². The third-order valence-electron chi connectivity index (χ3n) is 4.87. The Balaban J connectivity index is 1.61. The van der Waals surface area contributed by atoms with Crippen molar-refractivity contribution in [2.24, 2.45) is 0 Å². The molecule has 3 rings (SSSR count). The summed E-state index contributed by atoms with van der Waals surface area (Å²) in [6, 6.07) is 22.9. The number of rotatable bonds is 4. The summed E-state index contributed by atoms with van der Waals surface area (Å²) in [5, 5.41) is 0. The zero-order valence-corrected chi connectivity index (χ0v) is 13.7. The average Bonchev–Trinajstić information content (AvgIpc) is 2.54. The Morgan fingerprint density at radius 2 is 1.05 bits per heavy atom. The molecule has 2 aromatic rings. The first-order valence-electron chi connectivity index (χ1n) is 8.20. The molecular formula is C20H26N2. The van der Waals surface area contributed by atoms with Gasteiger partial charge in [-0.15, -0.1) is 0 Å². The number of benzene rings is 2. The Hall–Kier alpha value is -1.64. The fourth-order valence-corrected chi connectivity index (χ4v) is 3.45. The molecule has 0 aromatic heterocycles. The quantitative estimate of drug-likeness (QED) is 0.855. The van der Waals surface area contributed by atoms with Crippen LogP contribution in [0.2, 0.25) is 0 Å². The van der Waals surface area contributed by atoms with E-state index in [2.05, 4.69) is 84.6 Å². The second-order valence-electron chi connectivity index (χ2n) is 6.57. The van der Waals surface area contributed by atoms with Crippen LogP contribution in [-0.2, 0) is 12.8 Å². The lowest BCUT2D eigenvalue weighted by molar-refractivity contribution is 0.0633. The van der Waals surface area contributed by atoms with Gasteiger partial charge in [0.25, 0.3) is 0 Å². The second-order valence-corrected chi connectivity index (χ2v) is 6.57. The maximum absolute atomic E-state index is 2.54. The Morgan fingerprint density at radius 3 is 1.41 bits per heavy atom. The summed E-state index contributed by atoms with van der Waals surface area (Å²) in [7, 11) is 4.55. The molecule has 1 aliphatic heterocycles. The van der Waals surface area contributed by atoms with Crippen LogP contribution in [0.4, 0.5) is 0 Å². The SMILES string of the molecule is CN1C[C@H](Cc2ccccc2)N(C)C[C@H]1Cc1ccccc1. The molecule has 1 saturated heterocycles. The minimum absolute atomic E-state index is 0.611. The normalized spacial score (nSPS) is 23.5. The molecule has 1 heterocycles. The molecule has 0 spiro atoms. The van der Waals surface area contributed by atoms with Gasteiger partial charge in [-0.05, 0) is 38.1 Å². The standard InChI is InChI=1S/C20H26N2/c1-21-15-20(14-18-11-7-4-8-12-18)22(2)16-19(21)13-17-9-5-3-6-10-17/h3-12,19-20H,13-16H2,1-2H3/t19-,20+. The first-order valence-corrected chi connectivity index (χ1v) is 8.20. The molecule has 2 nitrogen and oxygen atoms in total. The van der Waals surface area contributed by atoms with E-state index in [0.717, 1.165) is 25.9 Å². The van der Waals surface area contributed by atoms with Gasteiger partial charge in [-0.3, -0.25) is 0 Å². The number of likely N-dealkylation sites (N-methyl/N-ethyl adjacent to an activating group) is 2. The third-order valence-corrected chi connectivity index (χ3v) is 4.87. The van der Waals surface area contributed by atoms with E-state index < -0.39 is 0 Å². The molecule has 1 fully saturated rings. The highest BCUT2D eigenvalue weighted by Gasteiger charge is 2.29. The third kappa shape index (κ3) is 3.76. The van der Waals surface area contributed by atoms with Crippen molar-refractivity contribution in [3.63, 3.8) is 0 Å². The van der Waals surface area contributed by atoms with Gasteiger partial charge >= 0.3 is 0 Å². The summed E-state index contributed by atoms with van der Waals surface area (Å²) in [6.45, 7) is 2.28. The average molecular weight is 294 g/mol. The number of piperazine rings is 1. The molecule has 0 aliphatic carbocycles. The van der Waals surface area contributed by atoms with Crippen molar-refractivity contribution in [2.75, 3.05) is 27.2 Å². The van der Waals surface area contributed by atoms with E-state index in [1.807, 2.05) is 0 Å². The van der Waals surface area contributed by atoms with Crippen LogP contribution in [-0.4, -0.2) is 49.1 Å². The molecule has 0 N–H and O–H groups in total.